The van der Waals surface area contributed by atoms with E-state index >= 15 is 0 Å². The summed E-state index contributed by atoms with van der Waals surface area (Å²) in [6.45, 7) is 9.76. The molecule has 2 fully saturated rings. The molecular weight excluding hydrogens is 494 g/mol. The summed E-state index contributed by atoms with van der Waals surface area (Å²) < 4.78 is 11.0. The lowest BCUT2D eigenvalue weighted by Gasteiger charge is -2.27. The zero-order valence-electron chi connectivity index (χ0n) is 22.7. The number of pyridine rings is 1. The van der Waals surface area contributed by atoms with Gasteiger partial charge in [-0.15, -0.1) is 0 Å². The highest BCUT2D eigenvalue weighted by Crippen LogP contribution is 2.31. The molecule has 2 saturated heterocycles. The van der Waals surface area contributed by atoms with Gasteiger partial charge >= 0.3 is 0 Å². The molecule has 0 radical (unpaired) electrons. The average Bonchev–Trinajstić information content (AvgIpc) is 2.95. The summed E-state index contributed by atoms with van der Waals surface area (Å²) in [7, 11) is 0. The number of amides is 1. The molecule has 0 bridgehead atoms. The number of carbonyl (C=O) groups is 1. The first-order chi connectivity index (χ1) is 19.0. The first-order valence-corrected chi connectivity index (χ1v) is 13.7. The highest BCUT2D eigenvalue weighted by molar-refractivity contribution is 5.97. The second-order valence-corrected chi connectivity index (χ2v) is 10.0. The lowest BCUT2D eigenvalue weighted by molar-refractivity contribution is 0.0341. The van der Waals surface area contributed by atoms with Gasteiger partial charge in [-0.05, 0) is 61.6 Å². The van der Waals surface area contributed by atoms with Crippen molar-refractivity contribution >= 4 is 23.2 Å². The fourth-order valence-electron chi connectivity index (χ4n) is 5.05. The summed E-state index contributed by atoms with van der Waals surface area (Å²) in [6, 6.07) is 10.3. The van der Waals surface area contributed by atoms with Crippen LogP contribution in [-0.4, -0.2) is 71.3 Å². The maximum absolute atomic E-state index is 12.6. The van der Waals surface area contributed by atoms with Crippen molar-refractivity contribution in [1.82, 2.24) is 19.9 Å². The van der Waals surface area contributed by atoms with Crippen molar-refractivity contribution in [3.63, 3.8) is 0 Å². The van der Waals surface area contributed by atoms with Gasteiger partial charge in [0.1, 0.15) is 5.69 Å². The third-order valence-corrected chi connectivity index (χ3v) is 7.21. The molecule has 206 valence electrons. The Morgan fingerprint density at radius 3 is 2.51 bits per heavy atom. The number of aromatic nitrogens is 3. The second-order valence-electron chi connectivity index (χ2n) is 10.0. The number of hydrogen-bond acceptors (Lipinski definition) is 9. The molecule has 4 N–H and O–H groups in total. The minimum absolute atomic E-state index is 0.0902. The maximum atomic E-state index is 12.6. The zero-order valence-corrected chi connectivity index (χ0v) is 22.7. The van der Waals surface area contributed by atoms with Gasteiger partial charge in [0.15, 0.2) is 17.3 Å². The van der Waals surface area contributed by atoms with Crippen LogP contribution in [0.25, 0.3) is 11.3 Å². The van der Waals surface area contributed by atoms with Crippen LogP contribution in [0.15, 0.2) is 36.5 Å². The van der Waals surface area contributed by atoms with Gasteiger partial charge in [0, 0.05) is 62.0 Å². The van der Waals surface area contributed by atoms with E-state index in [1.54, 1.807) is 6.20 Å². The second kappa shape index (κ2) is 12.5. The van der Waals surface area contributed by atoms with Gasteiger partial charge in [0.25, 0.3) is 5.91 Å². The Morgan fingerprint density at radius 1 is 1.03 bits per heavy atom. The van der Waals surface area contributed by atoms with Crippen molar-refractivity contribution in [2.24, 2.45) is 5.73 Å². The number of rotatable bonds is 9. The summed E-state index contributed by atoms with van der Waals surface area (Å²) in [5.74, 6) is 0.281. The van der Waals surface area contributed by atoms with E-state index in [0.717, 1.165) is 69.1 Å². The molecule has 0 spiro atoms. The Labute approximate surface area is 229 Å². The number of primary amides is 1. The molecule has 2 aliphatic rings. The summed E-state index contributed by atoms with van der Waals surface area (Å²) in [5.41, 5.74) is 11.5. The molecule has 2 aromatic heterocycles. The SMILES string of the molecule is CCc1cc(Nc2nc(NC3CCOCC3)c(-c3ccnc(C)c3)nc2C(N)=O)ccc1CN1CCOCC1. The normalized spacial score (nSPS) is 16.7. The number of ether oxygens (including phenoxy) is 2. The van der Waals surface area contributed by atoms with Crippen LogP contribution in [0.5, 0.6) is 0 Å². The quantitative estimate of drug-likeness (QED) is 0.379. The van der Waals surface area contributed by atoms with Gasteiger partial charge in [-0.1, -0.05) is 13.0 Å². The van der Waals surface area contributed by atoms with E-state index in [9.17, 15) is 4.79 Å². The molecule has 2 aliphatic heterocycles. The Balaban J connectivity index is 1.48. The number of aryl methyl sites for hydroxylation is 2. The van der Waals surface area contributed by atoms with Crippen LogP contribution < -0.4 is 16.4 Å². The molecule has 0 atom stereocenters. The maximum Gasteiger partial charge on any atom is 0.271 e. The first-order valence-electron chi connectivity index (χ1n) is 13.7. The number of carbonyl (C=O) groups excluding carboxylic acids is 1. The van der Waals surface area contributed by atoms with Gasteiger partial charge < -0.3 is 25.8 Å². The average molecular weight is 532 g/mol. The van der Waals surface area contributed by atoms with E-state index in [1.807, 2.05) is 25.1 Å². The Kier molecular flexibility index (Phi) is 8.65. The minimum Gasteiger partial charge on any atom is -0.381 e. The molecule has 5 rings (SSSR count). The van der Waals surface area contributed by atoms with Crippen LogP contribution in [-0.2, 0) is 22.4 Å². The van der Waals surface area contributed by atoms with Crippen LogP contribution in [0.2, 0.25) is 0 Å². The molecule has 1 amide bonds. The molecule has 0 aliphatic carbocycles. The lowest BCUT2D eigenvalue weighted by Crippen LogP contribution is -2.35. The van der Waals surface area contributed by atoms with Gasteiger partial charge in [-0.25, -0.2) is 9.97 Å². The first kappa shape index (κ1) is 27.0. The fourth-order valence-corrected chi connectivity index (χ4v) is 5.05. The molecule has 4 heterocycles. The van der Waals surface area contributed by atoms with Crippen LogP contribution in [0.1, 0.15) is 47.1 Å². The van der Waals surface area contributed by atoms with Gasteiger partial charge in [-0.3, -0.25) is 14.7 Å². The third-order valence-electron chi connectivity index (χ3n) is 7.21. The number of nitrogens with one attached hydrogen (secondary N) is 2. The number of nitrogens with two attached hydrogens (primary N) is 1. The number of morpholine rings is 1. The highest BCUT2D eigenvalue weighted by Gasteiger charge is 2.23. The lowest BCUT2D eigenvalue weighted by atomic mass is 10.0. The molecule has 1 aromatic carbocycles. The number of benzene rings is 1. The van der Waals surface area contributed by atoms with E-state index in [1.165, 1.54) is 11.1 Å². The van der Waals surface area contributed by atoms with E-state index in [0.29, 0.717) is 30.5 Å². The predicted molar refractivity (Wildman–Crippen MR) is 151 cm³/mol. The van der Waals surface area contributed by atoms with Crippen molar-refractivity contribution in [3.05, 3.63) is 59.0 Å². The molecule has 3 aromatic rings. The van der Waals surface area contributed by atoms with Crippen LogP contribution in [0.3, 0.4) is 0 Å². The summed E-state index contributed by atoms with van der Waals surface area (Å²) in [6.07, 6.45) is 4.34. The van der Waals surface area contributed by atoms with E-state index in [-0.39, 0.29) is 11.7 Å². The number of hydrogen-bond donors (Lipinski definition) is 3. The van der Waals surface area contributed by atoms with Crippen molar-refractivity contribution in [2.45, 2.75) is 45.7 Å². The van der Waals surface area contributed by atoms with E-state index in [4.69, 9.17) is 25.2 Å². The van der Waals surface area contributed by atoms with E-state index < -0.39 is 5.91 Å². The largest absolute Gasteiger partial charge is 0.381 e. The van der Waals surface area contributed by atoms with Crippen molar-refractivity contribution in [3.8, 4) is 11.3 Å². The topological polar surface area (TPSA) is 128 Å². The number of anilines is 3. The predicted octanol–water partition coefficient (Wildman–Crippen LogP) is 3.68. The molecule has 0 saturated carbocycles. The van der Waals surface area contributed by atoms with Crippen LogP contribution in [0.4, 0.5) is 17.3 Å². The van der Waals surface area contributed by atoms with Crippen LogP contribution >= 0.6 is 0 Å². The molecule has 10 nitrogen and oxygen atoms in total. The van der Waals surface area contributed by atoms with Gasteiger partial charge in [0.05, 0.1) is 13.2 Å². The minimum atomic E-state index is -0.644. The van der Waals surface area contributed by atoms with Crippen molar-refractivity contribution < 1.29 is 14.3 Å². The van der Waals surface area contributed by atoms with Crippen LogP contribution in [0, 0.1) is 6.92 Å². The smallest absolute Gasteiger partial charge is 0.271 e. The Hall–Kier alpha value is -3.60. The van der Waals surface area contributed by atoms with Gasteiger partial charge in [0.2, 0.25) is 0 Å². The fraction of sp³-hybridized carbons (Fsp3) is 0.448. The molecule has 0 unspecified atom stereocenters. The number of nitrogens with zero attached hydrogens (tertiary/aromatic N) is 4. The standard InChI is InChI=1S/C29H37N7O3/c1-3-20-17-24(5-4-22(20)18-36-10-14-39-15-11-36)33-29-26(27(30)37)34-25(21-6-9-31-19(2)16-21)28(35-29)32-23-7-12-38-13-8-23/h4-6,9,16-17,23H,3,7-8,10-15,18H2,1-2H3,(H2,30,37)(H2,32,33,35). The van der Waals surface area contributed by atoms with Gasteiger partial charge in [-0.2, -0.15) is 0 Å². The van der Waals surface area contributed by atoms with E-state index in [2.05, 4.69) is 39.6 Å². The summed E-state index contributed by atoms with van der Waals surface area (Å²) in [5, 5.41) is 6.90. The Morgan fingerprint density at radius 2 is 1.79 bits per heavy atom. The monoisotopic (exact) mass is 531 g/mol. The molecule has 10 heteroatoms. The van der Waals surface area contributed by atoms with Crippen molar-refractivity contribution in [1.29, 1.82) is 0 Å². The summed E-state index contributed by atoms with van der Waals surface area (Å²) in [4.78, 5) is 28.9. The molecular formula is C29H37N7O3. The van der Waals surface area contributed by atoms with Crippen molar-refractivity contribution in [2.75, 3.05) is 50.2 Å². The zero-order chi connectivity index (χ0) is 27.2. The molecule has 39 heavy (non-hydrogen) atoms. The summed E-state index contributed by atoms with van der Waals surface area (Å²) >= 11 is 0. The Bertz CT molecular complexity index is 1300. The highest BCUT2D eigenvalue weighted by atomic mass is 16.5. The third kappa shape index (κ3) is 6.70.